The van der Waals surface area contributed by atoms with Crippen LogP contribution in [0.3, 0.4) is 0 Å². The molecule has 1 amide bonds. The van der Waals surface area contributed by atoms with Gasteiger partial charge in [-0.3, -0.25) is 9.59 Å². The number of carbonyl (C=O) groups excluding carboxylic acids is 1. The van der Waals surface area contributed by atoms with Crippen molar-refractivity contribution in [2.24, 2.45) is 5.92 Å². The normalized spacial score (nSPS) is 18.9. The van der Waals surface area contributed by atoms with Gasteiger partial charge >= 0.3 is 5.97 Å². The summed E-state index contributed by atoms with van der Waals surface area (Å²) in [4.78, 5) is 24.4. The highest BCUT2D eigenvalue weighted by atomic mass is 16.4. The van der Waals surface area contributed by atoms with E-state index in [0.29, 0.717) is 18.7 Å². The molecule has 18 heavy (non-hydrogen) atoms. The van der Waals surface area contributed by atoms with Gasteiger partial charge in [-0.15, -0.1) is 0 Å². The molecule has 5 nitrogen and oxygen atoms in total. The van der Waals surface area contributed by atoms with E-state index in [1.54, 1.807) is 17.0 Å². The molecule has 1 aliphatic heterocycles. The first-order chi connectivity index (χ1) is 8.56. The maximum atomic E-state index is 12.1. The second-order valence-corrected chi connectivity index (χ2v) is 4.55. The number of phenols is 1. The number of carbonyl (C=O) groups is 2. The zero-order valence-electron chi connectivity index (χ0n) is 9.87. The lowest BCUT2D eigenvalue weighted by atomic mass is 10.1. The third-order valence-electron chi connectivity index (χ3n) is 3.15. The van der Waals surface area contributed by atoms with Crippen LogP contribution in [0.25, 0.3) is 0 Å². The van der Waals surface area contributed by atoms with E-state index >= 15 is 0 Å². The molecule has 1 atom stereocenters. The van der Waals surface area contributed by atoms with Crippen LogP contribution >= 0.6 is 0 Å². The number of hydrogen-bond acceptors (Lipinski definition) is 3. The van der Waals surface area contributed by atoms with Crippen LogP contribution in [-0.4, -0.2) is 40.1 Å². The van der Waals surface area contributed by atoms with Gasteiger partial charge in [0.05, 0.1) is 0 Å². The minimum absolute atomic E-state index is 0.0450. The Bertz CT molecular complexity index is 455. The Morgan fingerprint density at radius 2 is 1.94 bits per heavy atom. The Morgan fingerprint density at radius 3 is 2.56 bits per heavy atom. The SMILES string of the molecule is O=C(O)CC1CCN(C(=O)c2ccc(O)cc2)C1. The van der Waals surface area contributed by atoms with Gasteiger partial charge in [0.15, 0.2) is 0 Å². The fraction of sp³-hybridized carbons (Fsp3) is 0.385. The van der Waals surface area contributed by atoms with Crippen LogP contribution in [0.2, 0.25) is 0 Å². The van der Waals surface area contributed by atoms with Crippen molar-refractivity contribution in [2.75, 3.05) is 13.1 Å². The molecule has 2 N–H and O–H groups in total. The summed E-state index contributed by atoms with van der Waals surface area (Å²) in [6, 6.07) is 6.08. The average molecular weight is 249 g/mol. The Kier molecular flexibility index (Phi) is 3.50. The van der Waals surface area contributed by atoms with E-state index in [4.69, 9.17) is 10.2 Å². The summed E-state index contributed by atoms with van der Waals surface area (Å²) in [6.45, 7) is 1.09. The summed E-state index contributed by atoms with van der Waals surface area (Å²) in [5, 5.41) is 17.9. The Labute approximate surface area is 105 Å². The molecule has 2 rings (SSSR count). The number of rotatable bonds is 3. The number of likely N-dealkylation sites (tertiary alicyclic amines) is 1. The maximum absolute atomic E-state index is 12.1. The van der Waals surface area contributed by atoms with E-state index in [1.807, 2.05) is 0 Å². The predicted octanol–water partition coefficient (Wildman–Crippen LogP) is 1.33. The number of amides is 1. The number of carboxylic acids is 1. The third-order valence-corrected chi connectivity index (χ3v) is 3.15. The van der Waals surface area contributed by atoms with E-state index in [0.717, 1.165) is 6.42 Å². The van der Waals surface area contributed by atoms with Crippen LogP contribution in [-0.2, 0) is 4.79 Å². The lowest BCUT2D eigenvalue weighted by molar-refractivity contribution is -0.138. The van der Waals surface area contributed by atoms with Crippen molar-refractivity contribution in [3.63, 3.8) is 0 Å². The number of nitrogens with zero attached hydrogens (tertiary/aromatic N) is 1. The van der Waals surface area contributed by atoms with Crippen LogP contribution in [0, 0.1) is 5.92 Å². The van der Waals surface area contributed by atoms with Crippen molar-refractivity contribution in [3.05, 3.63) is 29.8 Å². The van der Waals surface area contributed by atoms with Gasteiger partial charge in [0.25, 0.3) is 5.91 Å². The fourth-order valence-electron chi connectivity index (χ4n) is 2.22. The molecule has 0 spiro atoms. The summed E-state index contributed by atoms with van der Waals surface area (Å²) < 4.78 is 0. The summed E-state index contributed by atoms with van der Waals surface area (Å²) in [5.41, 5.74) is 0.517. The van der Waals surface area contributed by atoms with Crippen LogP contribution in [0.15, 0.2) is 24.3 Å². The van der Waals surface area contributed by atoms with Crippen LogP contribution < -0.4 is 0 Å². The Morgan fingerprint density at radius 1 is 1.28 bits per heavy atom. The average Bonchev–Trinajstić information content (AvgIpc) is 2.76. The van der Waals surface area contributed by atoms with Gasteiger partial charge in [-0.2, -0.15) is 0 Å². The minimum atomic E-state index is -0.820. The molecule has 1 unspecified atom stereocenters. The summed E-state index contributed by atoms with van der Waals surface area (Å²) in [7, 11) is 0. The summed E-state index contributed by atoms with van der Waals surface area (Å²) in [5.74, 6) is -0.762. The van der Waals surface area contributed by atoms with Gasteiger partial charge in [-0.05, 0) is 36.6 Å². The zero-order chi connectivity index (χ0) is 13.1. The highest BCUT2D eigenvalue weighted by molar-refractivity contribution is 5.94. The monoisotopic (exact) mass is 249 g/mol. The number of aromatic hydroxyl groups is 1. The molecule has 1 fully saturated rings. The molecule has 1 heterocycles. The molecule has 0 bridgehead atoms. The number of aliphatic carboxylic acids is 1. The highest BCUT2D eigenvalue weighted by Crippen LogP contribution is 2.22. The van der Waals surface area contributed by atoms with Gasteiger partial charge in [-0.25, -0.2) is 0 Å². The van der Waals surface area contributed by atoms with E-state index < -0.39 is 5.97 Å². The standard InChI is InChI=1S/C13H15NO4/c15-11-3-1-10(2-4-11)13(18)14-6-5-9(8-14)7-12(16)17/h1-4,9,15H,5-8H2,(H,16,17). The van der Waals surface area contributed by atoms with Crippen molar-refractivity contribution >= 4 is 11.9 Å². The second-order valence-electron chi connectivity index (χ2n) is 4.55. The highest BCUT2D eigenvalue weighted by Gasteiger charge is 2.28. The smallest absolute Gasteiger partial charge is 0.303 e. The number of benzene rings is 1. The first-order valence-electron chi connectivity index (χ1n) is 5.86. The lowest BCUT2D eigenvalue weighted by Gasteiger charge is -2.16. The molecule has 1 aromatic rings. The topological polar surface area (TPSA) is 77.8 Å². The predicted molar refractivity (Wildman–Crippen MR) is 64.4 cm³/mol. The second kappa shape index (κ2) is 5.08. The maximum Gasteiger partial charge on any atom is 0.303 e. The van der Waals surface area contributed by atoms with E-state index in [2.05, 4.69) is 0 Å². The van der Waals surface area contributed by atoms with Gasteiger partial charge in [-0.1, -0.05) is 0 Å². The first-order valence-corrected chi connectivity index (χ1v) is 5.86. The molecule has 1 aliphatic rings. The molecule has 96 valence electrons. The molecule has 0 aliphatic carbocycles. The summed E-state index contributed by atoms with van der Waals surface area (Å²) >= 11 is 0. The Balaban J connectivity index is 1.99. The Hall–Kier alpha value is -2.04. The molecule has 1 aromatic carbocycles. The largest absolute Gasteiger partial charge is 0.508 e. The van der Waals surface area contributed by atoms with Crippen molar-refractivity contribution in [2.45, 2.75) is 12.8 Å². The fourth-order valence-corrected chi connectivity index (χ4v) is 2.22. The van der Waals surface area contributed by atoms with Crippen LogP contribution in [0.5, 0.6) is 5.75 Å². The van der Waals surface area contributed by atoms with Gasteiger partial charge in [0.2, 0.25) is 0 Å². The van der Waals surface area contributed by atoms with Gasteiger partial charge in [0.1, 0.15) is 5.75 Å². The van der Waals surface area contributed by atoms with E-state index in [1.165, 1.54) is 12.1 Å². The van der Waals surface area contributed by atoms with Gasteiger partial charge in [0, 0.05) is 25.1 Å². The third kappa shape index (κ3) is 2.80. The number of phenolic OH excluding ortho intramolecular Hbond substituents is 1. The zero-order valence-corrected chi connectivity index (χ0v) is 9.87. The quantitative estimate of drug-likeness (QED) is 0.847. The van der Waals surface area contributed by atoms with Crippen LogP contribution in [0.4, 0.5) is 0 Å². The minimum Gasteiger partial charge on any atom is -0.508 e. The first kappa shape index (κ1) is 12.4. The van der Waals surface area contributed by atoms with E-state index in [-0.39, 0.29) is 24.0 Å². The molecule has 0 radical (unpaired) electrons. The molecule has 1 saturated heterocycles. The van der Waals surface area contributed by atoms with E-state index in [9.17, 15) is 9.59 Å². The lowest BCUT2D eigenvalue weighted by Crippen LogP contribution is -2.28. The van der Waals surface area contributed by atoms with Gasteiger partial charge < -0.3 is 15.1 Å². The van der Waals surface area contributed by atoms with Crippen molar-refractivity contribution < 1.29 is 19.8 Å². The summed E-state index contributed by atoms with van der Waals surface area (Å²) in [6.07, 6.45) is 0.843. The van der Waals surface area contributed by atoms with Crippen molar-refractivity contribution in [3.8, 4) is 5.75 Å². The molecular weight excluding hydrogens is 234 g/mol. The molecular formula is C13H15NO4. The van der Waals surface area contributed by atoms with Crippen molar-refractivity contribution in [1.29, 1.82) is 0 Å². The molecule has 0 saturated carbocycles. The molecule has 0 aromatic heterocycles. The van der Waals surface area contributed by atoms with Crippen LogP contribution in [0.1, 0.15) is 23.2 Å². The number of hydrogen-bond donors (Lipinski definition) is 2. The molecule has 5 heteroatoms. The van der Waals surface area contributed by atoms with Crippen molar-refractivity contribution in [1.82, 2.24) is 4.90 Å². The number of carboxylic acid groups (broad SMARTS) is 1.